The average molecular weight is 352 g/mol. The van der Waals surface area contributed by atoms with Crippen LogP contribution in [0.4, 0.5) is 11.6 Å². The number of aromatic nitrogens is 4. The Balaban J connectivity index is 1.64. The molecule has 1 fully saturated rings. The molecule has 0 saturated carbocycles. The number of pyridine rings is 1. The molecule has 0 aliphatic carbocycles. The van der Waals surface area contributed by atoms with Crippen molar-refractivity contribution < 1.29 is 9.90 Å². The predicted molar refractivity (Wildman–Crippen MR) is 97.8 cm³/mol. The predicted octanol–water partition coefficient (Wildman–Crippen LogP) is 2.06. The minimum absolute atomic E-state index is 0.228. The fraction of sp³-hybridized carbons (Fsp3) is 0.333. The molecule has 4 heterocycles. The summed E-state index contributed by atoms with van der Waals surface area (Å²) in [6.45, 7) is 1.55. The maximum Gasteiger partial charge on any atom is 0.303 e. The Morgan fingerprint density at radius 2 is 2.12 bits per heavy atom. The molecule has 1 aliphatic heterocycles. The Morgan fingerprint density at radius 3 is 2.81 bits per heavy atom. The van der Waals surface area contributed by atoms with E-state index in [0.29, 0.717) is 11.5 Å². The third-order valence-electron chi connectivity index (χ3n) is 4.86. The second-order valence-electron chi connectivity index (χ2n) is 6.60. The van der Waals surface area contributed by atoms with Crippen molar-refractivity contribution in [1.82, 2.24) is 19.6 Å². The van der Waals surface area contributed by atoms with Gasteiger partial charge in [0.15, 0.2) is 5.65 Å². The summed E-state index contributed by atoms with van der Waals surface area (Å²) < 4.78 is 1.63. The minimum Gasteiger partial charge on any atom is -0.481 e. The van der Waals surface area contributed by atoms with E-state index in [1.165, 1.54) is 0 Å². The molecule has 3 aromatic rings. The van der Waals surface area contributed by atoms with Gasteiger partial charge in [-0.3, -0.25) is 9.78 Å². The van der Waals surface area contributed by atoms with Gasteiger partial charge in [-0.05, 0) is 24.8 Å². The summed E-state index contributed by atoms with van der Waals surface area (Å²) in [4.78, 5) is 22.0. The molecule has 1 saturated heterocycles. The largest absolute Gasteiger partial charge is 0.481 e. The first-order valence-corrected chi connectivity index (χ1v) is 8.63. The molecular formula is C18H20N6O2. The summed E-state index contributed by atoms with van der Waals surface area (Å²) >= 11 is 0. The summed E-state index contributed by atoms with van der Waals surface area (Å²) in [5.74, 6) is 0.820. The van der Waals surface area contributed by atoms with Crippen molar-refractivity contribution in [3.8, 4) is 11.1 Å². The van der Waals surface area contributed by atoms with Crippen LogP contribution in [0.25, 0.3) is 16.8 Å². The van der Waals surface area contributed by atoms with Gasteiger partial charge >= 0.3 is 5.97 Å². The fourth-order valence-electron chi connectivity index (χ4n) is 3.47. The summed E-state index contributed by atoms with van der Waals surface area (Å²) in [6.07, 6.45) is 7.17. The molecule has 0 amide bonds. The highest BCUT2D eigenvalue weighted by Gasteiger charge is 2.23. The first-order valence-electron chi connectivity index (χ1n) is 8.63. The van der Waals surface area contributed by atoms with E-state index < -0.39 is 5.97 Å². The maximum absolute atomic E-state index is 10.9. The number of carboxylic acid groups (broad SMARTS) is 1. The third-order valence-corrected chi connectivity index (χ3v) is 4.86. The van der Waals surface area contributed by atoms with Crippen molar-refractivity contribution in [3.05, 3.63) is 36.8 Å². The average Bonchev–Trinajstić information content (AvgIpc) is 3.07. The number of anilines is 2. The van der Waals surface area contributed by atoms with Crippen LogP contribution in [0.5, 0.6) is 0 Å². The van der Waals surface area contributed by atoms with Crippen molar-refractivity contribution in [2.75, 3.05) is 23.7 Å². The van der Waals surface area contributed by atoms with Crippen molar-refractivity contribution in [2.45, 2.75) is 19.3 Å². The van der Waals surface area contributed by atoms with Gasteiger partial charge in [0.1, 0.15) is 11.6 Å². The molecule has 3 N–H and O–H groups in total. The molecule has 1 aliphatic rings. The van der Waals surface area contributed by atoms with Gasteiger partial charge in [0.05, 0.1) is 6.20 Å². The van der Waals surface area contributed by atoms with Gasteiger partial charge in [-0.1, -0.05) is 6.07 Å². The van der Waals surface area contributed by atoms with Gasteiger partial charge in [0, 0.05) is 49.1 Å². The molecular weight excluding hydrogens is 332 g/mol. The van der Waals surface area contributed by atoms with E-state index in [2.05, 4.69) is 15.0 Å². The quantitative estimate of drug-likeness (QED) is 0.739. The number of rotatable bonds is 4. The Hall–Kier alpha value is -3.16. The van der Waals surface area contributed by atoms with Crippen molar-refractivity contribution in [1.29, 1.82) is 0 Å². The zero-order chi connectivity index (χ0) is 18.1. The van der Waals surface area contributed by atoms with Crippen LogP contribution < -0.4 is 10.6 Å². The third kappa shape index (κ3) is 3.05. The topological polar surface area (TPSA) is 110 Å². The van der Waals surface area contributed by atoms with E-state index in [1.807, 2.05) is 18.2 Å². The summed E-state index contributed by atoms with van der Waals surface area (Å²) in [7, 11) is 0. The zero-order valence-electron chi connectivity index (χ0n) is 14.2. The number of fused-ring (bicyclic) bond motifs is 1. The molecule has 3 aromatic heterocycles. The Bertz CT molecular complexity index is 932. The molecule has 0 spiro atoms. The van der Waals surface area contributed by atoms with Crippen LogP contribution in [0.3, 0.4) is 0 Å². The molecule has 0 atom stereocenters. The van der Waals surface area contributed by atoms with Crippen LogP contribution in [0.2, 0.25) is 0 Å². The van der Waals surface area contributed by atoms with E-state index in [0.717, 1.165) is 42.9 Å². The number of hydrogen-bond donors (Lipinski definition) is 2. The first-order chi connectivity index (χ1) is 12.6. The van der Waals surface area contributed by atoms with Crippen LogP contribution in [-0.2, 0) is 4.79 Å². The summed E-state index contributed by atoms with van der Waals surface area (Å²) in [5.41, 5.74) is 8.70. The second kappa shape index (κ2) is 6.62. The first kappa shape index (κ1) is 16.3. The lowest BCUT2D eigenvalue weighted by atomic mass is 9.94. The monoisotopic (exact) mass is 352 g/mol. The van der Waals surface area contributed by atoms with Crippen molar-refractivity contribution >= 4 is 23.3 Å². The lowest BCUT2D eigenvalue weighted by Crippen LogP contribution is -2.35. The lowest BCUT2D eigenvalue weighted by molar-refractivity contribution is -0.138. The van der Waals surface area contributed by atoms with Crippen LogP contribution >= 0.6 is 0 Å². The number of carboxylic acids is 1. The second-order valence-corrected chi connectivity index (χ2v) is 6.60. The molecule has 26 heavy (non-hydrogen) atoms. The number of piperidine rings is 1. The molecule has 0 radical (unpaired) electrons. The highest BCUT2D eigenvalue weighted by molar-refractivity contribution is 5.78. The minimum atomic E-state index is -0.729. The van der Waals surface area contributed by atoms with E-state index in [1.54, 1.807) is 23.1 Å². The van der Waals surface area contributed by atoms with Gasteiger partial charge < -0.3 is 15.7 Å². The maximum atomic E-state index is 10.9. The highest BCUT2D eigenvalue weighted by Crippen LogP contribution is 2.29. The van der Waals surface area contributed by atoms with Gasteiger partial charge in [-0.2, -0.15) is 9.61 Å². The molecule has 134 valence electrons. The van der Waals surface area contributed by atoms with Crippen molar-refractivity contribution in [2.24, 2.45) is 5.92 Å². The molecule has 0 unspecified atom stereocenters. The molecule has 8 nitrogen and oxygen atoms in total. The number of nitrogens with zero attached hydrogens (tertiary/aromatic N) is 5. The van der Waals surface area contributed by atoms with Crippen LogP contribution in [-0.4, -0.2) is 43.7 Å². The lowest BCUT2D eigenvalue weighted by Gasteiger charge is -2.32. The van der Waals surface area contributed by atoms with E-state index in [9.17, 15) is 4.79 Å². The Morgan fingerprint density at radius 1 is 1.31 bits per heavy atom. The van der Waals surface area contributed by atoms with Crippen molar-refractivity contribution in [3.63, 3.8) is 0 Å². The van der Waals surface area contributed by atoms with E-state index >= 15 is 0 Å². The SMILES string of the molecule is Nc1cc(N2CCC(CC(=O)O)CC2)nc2c(-c3cccnc3)cnn12. The number of carbonyl (C=O) groups is 1. The normalized spacial score (nSPS) is 15.5. The number of hydrogen-bond acceptors (Lipinski definition) is 6. The standard InChI is InChI=1S/C18H20N6O2/c19-15-9-16(23-6-3-12(4-7-23)8-17(25)26)22-18-14(11-21-24(15)18)13-2-1-5-20-10-13/h1-2,5,9-12H,3-4,6-8,19H2,(H,25,26). The van der Waals surface area contributed by atoms with Gasteiger partial charge in [-0.15, -0.1) is 0 Å². The van der Waals surface area contributed by atoms with Gasteiger partial charge in [-0.25, -0.2) is 4.98 Å². The van der Waals surface area contributed by atoms with E-state index in [4.69, 9.17) is 15.8 Å². The molecule has 8 heteroatoms. The molecule has 4 rings (SSSR count). The molecule has 0 aromatic carbocycles. The summed E-state index contributed by atoms with van der Waals surface area (Å²) in [5, 5.41) is 13.3. The van der Waals surface area contributed by atoms with Crippen LogP contribution in [0.1, 0.15) is 19.3 Å². The number of nitrogen functional groups attached to an aromatic ring is 1. The Labute approximate surface area is 150 Å². The van der Waals surface area contributed by atoms with Crippen LogP contribution in [0, 0.1) is 5.92 Å². The van der Waals surface area contributed by atoms with E-state index in [-0.39, 0.29) is 12.3 Å². The van der Waals surface area contributed by atoms with Gasteiger partial charge in [0.2, 0.25) is 0 Å². The highest BCUT2D eigenvalue weighted by atomic mass is 16.4. The molecule has 0 bridgehead atoms. The zero-order valence-corrected chi connectivity index (χ0v) is 14.2. The Kier molecular flexibility index (Phi) is 4.16. The number of nitrogens with two attached hydrogens (primary N) is 1. The van der Waals surface area contributed by atoms with Crippen LogP contribution in [0.15, 0.2) is 36.8 Å². The summed E-state index contributed by atoms with van der Waals surface area (Å²) in [6, 6.07) is 5.66. The van der Waals surface area contributed by atoms with Gasteiger partial charge in [0.25, 0.3) is 0 Å². The fourth-order valence-corrected chi connectivity index (χ4v) is 3.47. The smallest absolute Gasteiger partial charge is 0.303 e. The number of aliphatic carboxylic acids is 1.